The lowest BCUT2D eigenvalue weighted by Gasteiger charge is -2.34. The summed E-state index contributed by atoms with van der Waals surface area (Å²) in [5.41, 5.74) is -1.69. The van der Waals surface area contributed by atoms with E-state index in [0.717, 1.165) is 5.57 Å². The number of aliphatic hydroxyl groups is 1. The molecule has 0 fully saturated rings. The van der Waals surface area contributed by atoms with Gasteiger partial charge in [-0.15, -0.1) is 0 Å². The van der Waals surface area contributed by atoms with E-state index in [4.69, 9.17) is 0 Å². The summed E-state index contributed by atoms with van der Waals surface area (Å²) in [6.07, 6.45) is 1.19. The number of benzene rings is 1. The summed E-state index contributed by atoms with van der Waals surface area (Å²) in [6.45, 7) is 12.7. The number of hydrogen-bond acceptors (Lipinski definition) is 8. The molecule has 1 atom stereocenters. The second-order valence-corrected chi connectivity index (χ2v) is 10.7. The van der Waals surface area contributed by atoms with E-state index in [9.17, 15) is 39.6 Å². The van der Waals surface area contributed by atoms with Crippen LogP contribution in [0.3, 0.4) is 0 Å². The van der Waals surface area contributed by atoms with Crippen molar-refractivity contribution in [2.75, 3.05) is 0 Å². The Kier molecular flexibility index (Phi) is 8.23. The molecule has 0 spiro atoms. The van der Waals surface area contributed by atoms with Gasteiger partial charge in [-0.2, -0.15) is 0 Å². The SMILES string of the molecule is CC(C)=CCc1c(O)c(CC2=C(O)C(C)(C)C(=O)C(C(=O)C(C)C)C2=O)c(O)c(C(=O)C(C)C)c1O. The molecule has 0 saturated carbocycles. The first-order valence-corrected chi connectivity index (χ1v) is 12.0. The molecule has 196 valence electrons. The second-order valence-electron chi connectivity index (χ2n) is 10.7. The van der Waals surface area contributed by atoms with Crippen molar-refractivity contribution in [3.05, 3.63) is 39.7 Å². The van der Waals surface area contributed by atoms with E-state index >= 15 is 0 Å². The molecule has 0 amide bonds. The molecule has 1 unspecified atom stereocenters. The highest BCUT2D eigenvalue weighted by Gasteiger charge is 2.51. The maximum Gasteiger partial charge on any atom is 0.180 e. The lowest BCUT2D eigenvalue weighted by atomic mass is 9.67. The van der Waals surface area contributed by atoms with E-state index < -0.39 is 81.3 Å². The molecule has 0 radical (unpaired) electrons. The van der Waals surface area contributed by atoms with E-state index in [1.807, 2.05) is 13.8 Å². The highest BCUT2D eigenvalue weighted by atomic mass is 16.3. The minimum Gasteiger partial charge on any atom is -0.511 e. The number of ketones is 4. The summed E-state index contributed by atoms with van der Waals surface area (Å²) in [5.74, 6) is -8.09. The van der Waals surface area contributed by atoms with Gasteiger partial charge in [-0.1, -0.05) is 39.3 Å². The Balaban J connectivity index is 2.85. The van der Waals surface area contributed by atoms with Crippen LogP contribution in [-0.4, -0.2) is 43.6 Å². The first kappa shape index (κ1) is 28.8. The topological polar surface area (TPSA) is 149 Å². The largest absolute Gasteiger partial charge is 0.511 e. The molecule has 1 aromatic rings. The third kappa shape index (κ3) is 4.94. The molecule has 1 aromatic carbocycles. The molecule has 8 heteroatoms. The number of phenolic OH excluding ortho intramolecular Hbond substituents is 3. The summed E-state index contributed by atoms with van der Waals surface area (Å²) in [4.78, 5) is 52.0. The summed E-state index contributed by atoms with van der Waals surface area (Å²) < 4.78 is 0. The van der Waals surface area contributed by atoms with Crippen LogP contribution in [0.5, 0.6) is 17.2 Å². The number of carbonyl (C=O) groups is 4. The number of aromatic hydroxyl groups is 3. The third-order valence-corrected chi connectivity index (χ3v) is 6.62. The number of hydrogen-bond donors (Lipinski definition) is 4. The van der Waals surface area contributed by atoms with Crippen LogP contribution >= 0.6 is 0 Å². The van der Waals surface area contributed by atoms with Crippen LogP contribution < -0.4 is 0 Å². The van der Waals surface area contributed by atoms with E-state index in [1.54, 1.807) is 33.8 Å². The van der Waals surface area contributed by atoms with Crippen molar-refractivity contribution < 1.29 is 39.6 Å². The van der Waals surface area contributed by atoms with Crippen molar-refractivity contribution in [3.8, 4) is 17.2 Å². The summed E-state index contributed by atoms with van der Waals surface area (Å²) in [5, 5.41) is 43.8. The van der Waals surface area contributed by atoms with Crippen LogP contribution in [0.15, 0.2) is 23.0 Å². The van der Waals surface area contributed by atoms with Crippen molar-refractivity contribution in [3.63, 3.8) is 0 Å². The van der Waals surface area contributed by atoms with Gasteiger partial charge in [0.2, 0.25) is 0 Å². The Labute approximate surface area is 211 Å². The Hall–Kier alpha value is -3.42. The fourth-order valence-electron chi connectivity index (χ4n) is 4.21. The number of phenols is 3. The molecular weight excluding hydrogens is 464 g/mol. The van der Waals surface area contributed by atoms with Gasteiger partial charge in [0.1, 0.15) is 34.5 Å². The van der Waals surface area contributed by atoms with Gasteiger partial charge in [0.15, 0.2) is 23.1 Å². The van der Waals surface area contributed by atoms with Gasteiger partial charge in [0.25, 0.3) is 0 Å². The summed E-state index contributed by atoms with van der Waals surface area (Å²) in [6, 6.07) is 0. The van der Waals surface area contributed by atoms with E-state index in [1.165, 1.54) is 13.8 Å². The van der Waals surface area contributed by atoms with E-state index in [0.29, 0.717) is 0 Å². The predicted octanol–water partition coefficient (Wildman–Crippen LogP) is 4.52. The number of carbonyl (C=O) groups excluding carboxylic acids is 4. The van der Waals surface area contributed by atoms with E-state index in [2.05, 4.69) is 0 Å². The van der Waals surface area contributed by atoms with Crippen molar-refractivity contribution in [1.29, 1.82) is 0 Å². The number of rotatable bonds is 8. The molecule has 8 nitrogen and oxygen atoms in total. The smallest absolute Gasteiger partial charge is 0.180 e. The zero-order chi connectivity index (χ0) is 27.9. The Bertz CT molecular complexity index is 1190. The van der Waals surface area contributed by atoms with Gasteiger partial charge in [-0.3, -0.25) is 19.2 Å². The molecule has 0 saturated heterocycles. The average Bonchev–Trinajstić information content (AvgIpc) is 2.77. The quantitative estimate of drug-likeness (QED) is 0.231. The molecule has 1 aliphatic rings. The monoisotopic (exact) mass is 500 g/mol. The molecule has 36 heavy (non-hydrogen) atoms. The van der Waals surface area contributed by atoms with Crippen LogP contribution in [0, 0.1) is 23.2 Å². The van der Waals surface area contributed by atoms with Crippen LogP contribution in [0.2, 0.25) is 0 Å². The first-order valence-electron chi connectivity index (χ1n) is 12.0. The zero-order valence-corrected chi connectivity index (χ0v) is 22.1. The average molecular weight is 501 g/mol. The van der Waals surface area contributed by atoms with Gasteiger partial charge in [-0.05, 0) is 34.1 Å². The van der Waals surface area contributed by atoms with E-state index in [-0.39, 0.29) is 23.1 Å². The highest BCUT2D eigenvalue weighted by Crippen LogP contribution is 2.46. The first-order chi connectivity index (χ1) is 16.5. The van der Waals surface area contributed by atoms with Gasteiger partial charge in [0.05, 0.1) is 5.41 Å². The van der Waals surface area contributed by atoms with Crippen LogP contribution in [0.1, 0.15) is 76.9 Å². The fourth-order valence-corrected chi connectivity index (χ4v) is 4.21. The van der Waals surface area contributed by atoms with Gasteiger partial charge >= 0.3 is 0 Å². The maximum absolute atomic E-state index is 13.4. The van der Waals surface area contributed by atoms with Crippen LogP contribution in [0.25, 0.3) is 0 Å². The predicted molar refractivity (Wildman–Crippen MR) is 134 cm³/mol. The number of allylic oxidation sites excluding steroid dienone is 4. The van der Waals surface area contributed by atoms with Crippen molar-refractivity contribution in [1.82, 2.24) is 0 Å². The highest BCUT2D eigenvalue weighted by molar-refractivity contribution is 6.28. The third-order valence-electron chi connectivity index (χ3n) is 6.62. The molecule has 4 N–H and O–H groups in total. The molecule has 0 heterocycles. The molecule has 2 rings (SSSR count). The maximum atomic E-state index is 13.4. The fraction of sp³-hybridized carbons (Fsp3) is 0.500. The normalized spacial score (nSPS) is 17.7. The van der Waals surface area contributed by atoms with Crippen molar-refractivity contribution in [2.24, 2.45) is 23.2 Å². The molecule has 0 bridgehead atoms. The minimum atomic E-state index is -1.63. The zero-order valence-electron chi connectivity index (χ0n) is 22.1. The van der Waals surface area contributed by atoms with Gasteiger partial charge in [-0.25, -0.2) is 0 Å². The summed E-state index contributed by atoms with van der Waals surface area (Å²) >= 11 is 0. The van der Waals surface area contributed by atoms with Crippen LogP contribution in [0.4, 0.5) is 0 Å². The molecule has 1 aliphatic carbocycles. The van der Waals surface area contributed by atoms with Crippen molar-refractivity contribution in [2.45, 2.75) is 68.2 Å². The Morgan fingerprint density at radius 1 is 0.889 bits per heavy atom. The minimum absolute atomic E-state index is 0.0264. The Morgan fingerprint density at radius 3 is 1.89 bits per heavy atom. The van der Waals surface area contributed by atoms with Gasteiger partial charge in [0, 0.05) is 35.0 Å². The van der Waals surface area contributed by atoms with Crippen LogP contribution in [-0.2, 0) is 27.2 Å². The van der Waals surface area contributed by atoms with Gasteiger partial charge < -0.3 is 20.4 Å². The lowest BCUT2D eigenvalue weighted by Crippen LogP contribution is -2.48. The second kappa shape index (κ2) is 10.3. The summed E-state index contributed by atoms with van der Waals surface area (Å²) in [7, 11) is 0. The molecule has 0 aromatic heterocycles. The molecule has 0 aliphatic heterocycles. The number of aliphatic hydroxyl groups excluding tert-OH is 1. The Morgan fingerprint density at radius 2 is 1.42 bits per heavy atom. The number of Topliss-reactive ketones (excluding diaryl/α,β-unsaturated/α-hetero) is 4. The standard InChI is InChI=1S/C28H36O8/c1-12(2)9-10-15-22(31)16(24(33)18(23(15)32)20(29)13(3)4)11-17-25(34)19(21(30)14(5)6)27(36)28(7,8)26(17)35/h9,13-14,19,31-33,35H,10-11H2,1-8H3. The lowest BCUT2D eigenvalue weighted by molar-refractivity contribution is -0.145. The van der Waals surface area contributed by atoms with Crippen molar-refractivity contribution >= 4 is 23.1 Å². The molecular formula is C28H36O8.